The van der Waals surface area contributed by atoms with Gasteiger partial charge >= 0.3 is 0 Å². The summed E-state index contributed by atoms with van der Waals surface area (Å²) in [6.45, 7) is 9.69. The van der Waals surface area contributed by atoms with Gasteiger partial charge in [0.25, 0.3) is 0 Å². The molecule has 1 rings (SSSR count). The standard InChI is InChI=1S/C20H35NOS/c1-4-5-6-7-8-9-15-21-16-10-17-22-19-11-13-20(14-12-19)23-18(2)3/h11-14,18,21H,4-10,15-17H2,1-3H3. The number of hydrogen-bond acceptors (Lipinski definition) is 3. The number of hydrogen-bond donors (Lipinski definition) is 1. The van der Waals surface area contributed by atoms with Crippen LogP contribution >= 0.6 is 11.8 Å². The Morgan fingerprint density at radius 2 is 1.57 bits per heavy atom. The summed E-state index contributed by atoms with van der Waals surface area (Å²) in [5, 5.41) is 4.13. The molecule has 132 valence electrons. The molecule has 0 spiro atoms. The van der Waals surface area contributed by atoms with E-state index in [9.17, 15) is 0 Å². The molecule has 2 nitrogen and oxygen atoms in total. The second-order valence-corrected chi connectivity index (χ2v) is 8.01. The minimum absolute atomic E-state index is 0.625. The van der Waals surface area contributed by atoms with Crippen LogP contribution in [0, 0.1) is 0 Å². The fraction of sp³-hybridized carbons (Fsp3) is 0.700. The molecule has 0 amide bonds. The molecule has 1 aromatic carbocycles. The van der Waals surface area contributed by atoms with Gasteiger partial charge in [-0.1, -0.05) is 52.9 Å². The zero-order valence-corrected chi connectivity index (χ0v) is 16.1. The monoisotopic (exact) mass is 337 g/mol. The smallest absolute Gasteiger partial charge is 0.119 e. The maximum absolute atomic E-state index is 5.79. The second-order valence-electron chi connectivity index (χ2n) is 6.36. The van der Waals surface area contributed by atoms with E-state index in [2.05, 4.69) is 50.4 Å². The van der Waals surface area contributed by atoms with Crippen LogP contribution in [0.4, 0.5) is 0 Å². The number of thioether (sulfide) groups is 1. The van der Waals surface area contributed by atoms with Gasteiger partial charge in [0.05, 0.1) is 6.61 Å². The Balaban J connectivity index is 1.94. The average Bonchev–Trinajstić information content (AvgIpc) is 2.53. The van der Waals surface area contributed by atoms with Gasteiger partial charge in [-0.2, -0.15) is 0 Å². The topological polar surface area (TPSA) is 21.3 Å². The molecule has 0 heterocycles. The van der Waals surface area contributed by atoms with Crippen LogP contribution in [0.2, 0.25) is 0 Å². The zero-order valence-electron chi connectivity index (χ0n) is 15.3. The van der Waals surface area contributed by atoms with Crippen LogP contribution in [0.25, 0.3) is 0 Å². The highest BCUT2D eigenvalue weighted by Gasteiger charge is 1.99. The molecular weight excluding hydrogens is 302 g/mol. The predicted octanol–water partition coefficient (Wildman–Crippen LogP) is 5.91. The van der Waals surface area contributed by atoms with Crippen molar-refractivity contribution in [3.05, 3.63) is 24.3 Å². The molecule has 0 fully saturated rings. The summed E-state index contributed by atoms with van der Waals surface area (Å²) in [6.07, 6.45) is 9.25. The molecule has 0 aliphatic heterocycles. The van der Waals surface area contributed by atoms with Crippen LogP contribution in [0.3, 0.4) is 0 Å². The quantitative estimate of drug-likeness (QED) is 0.337. The van der Waals surface area contributed by atoms with Crippen molar-refractivity contribution in [1.29, 1.82) is 0 Å². The maximum atomic E-state index is 5.79. The lowest BCUT2D eigenvalue weighted by Crippen LogP contribution is -2.18. The Kier molecular flexibility index (Phi) is 12.2. The summed E-state index contributed by atoms with van der Waals surface area (Å²) in [7, 11) is 0. The first-order chi connectivity index (χ1) is 11.2. The highest BCUT2D eigenvalue weighted by Crippen LogP contribution is 2.24. The van der Waals surface area contributed by atoms with Crippen molar-refractivity contribution >= 4 is 11.8 Å². The van der Waals surface area contributed by atoms with E-state index in [1.165, 1.54) is 43.4 Å². The van der Waals surface area contributed by atoms with Crippen LogP contribution in [-0.4, -0.2) is 24.9 Å². The first-order valence-electron chi connectivity index (χ1n) is 9.32. The van der Waals surface area contributed by atoms with Gasteiger partial charge in [-0.05, 0) is 50.2 Å². The summed E-state index contributed by atoms with van der Waals surface area (Å²) in [5.74, 6) is 0.981. The molecule has 0 atom stereocenters. The van der Waals surface area contributed by atoms with Crippen LogP contribution < -0.4 is 10.1 Å². The lowest BCUT2D eigenvalue weighted by atomic mass is 10.1. The van der Waals surface area contributed by atoms with Gasteiger partial charge in [0.2, 0.25) is 0 Å². The van der Waals surface area contributed by atoms with Gasteiger partial charge in [0.1, 0.15) is 5.75 Å². The third-order valence-electron chi connectivity index (χ3n) is 3.67. The third-order valence-corrected chi connectivity index (χ3v) is 4.68. The van der Waals surface area contributed by atoms with Crippen molar-refractivity contribution in [3.63, 3.8) is 0 Å². The molecule has 0 saturated carbocycles. The van der Waals surface area contributed by atoms with Crippen molar-refractivity contribution in [1.82, 2.24) is 5.32 Å². The Morgan fingerprint density at radius 3 is 2.26 bits per heavy atom. The van der Waals surface area contributed by atoms with Gasteiger partial charge in [-0.3, -0.25) is 0 Å². The van der Waals surface area contributed by atoms with E-state index in [0.717, 1.165) is 31.9 Å². The van der Waals surface area contributed by atoms with Crippen LogP contribution in [0.5, 0.6) is 5.75 Å². The first-order valence-corrected chi connectivity index (χ1v) is 10.2. The number of ether oxygens (including phenoxy) is 1. The van der Waals surface area contributed by atoms with Gasteiger partial charge in [-0.15, -0.1) is 11.8 Å². The van der Waals surface area contributed by atoms with Gasteiger partial charge in [0, 0.05) is 10.1 Å². The van der Waals surface area contributed by atoms with E-state index >= 15 is 0 Å². The molecule has 0 aromatic heterocycles. The Bertz CT molecular complexity index is 378. The van der Waals surface area contributed by atoms with Crippen LogP contribution in [-0.2, 0) is 0 Å². The Hall–Kier alpha value is -0.670. The minimum atomic E-state index is 0.625. The van der Waals surface area contributed by atoms with Crippen molar-refractivity contribution in [2.24, 2.45) is 0 Å². The molecular formula is C20H35NOS. The van der Waals surface area contributed by atoms with E-state index in [4.69, 9.17) is 4.74 Å². The summed E-state index contributed by atoms with van der Waals surface area (Å²) in [6, 6.07) is 8.45. The fourth-order valence-electron chi connectivity index (χ4n) is 2.43. The Morgan fingerprint density at radius 1 is 0.913 bits per heavy atom. The molecule has 0 aliphatic carbocycles. The van der Waals surface area contributed by atoms with E-state index in [1.54, 1.807) is 0 Å². The third kappa shape index (κ3) is 11.5. The van der Waals surface area contributed by atoms with Crippen molar-refractivity contribution in [3.8, 4) is 5.75 Å². The van der Waals surface area contributed by atoms with Gasteiger partial charge in [-0.25, -0.2) is 0 Å². The van der Waals surface area contributed by atoms with E-state index < -0.39 is 0 Å². The molecule has 0 saturated heterocycles. The lowest BCUT2D eigenvalue weighted by Gasteiger charge is -2.09. The first kappa shape index (κ1) is 20.4. The van der Waals surface area contributed by atoms with Crippen molar-refractivity contribution < 1.29 is 4.74 Å². The fourth-order valence-corrected chi connectivity index (χ4v) is 3.27. The summed E-state index contributed by atoms with van der Waals surface area (Å²) >= 11 is 1.89. The number of nitrogens with one attached hydrogen (secondary N) is 1. The van der Waals surface area contributed by atoms with Crippen molar-refractivity contribution in [2.45, 2.75) is 75.9 Å². The lowest BCUT2D eigenvalue weighted by molar-refractivity contribution is 0.308. The van der Waals surface area contributed by atoms with E-state index in [-0.39, 0.29) is 0 Å². The van der Waals surface area contributed by atoms with E-state index in [1.807, 2.05) is 11.8 Å². The SMILES string of the molecule is CCCCCCCCNCCCOc1ccc(SC(C)C)cc1. The second kappa shape index (κ2) is 13.7. The molecule has 3 heteroatoms. The molecule has 0 unspecified atom stereocenters. The highest BCUT2D eigenvalue weighted by molar-refractivity contribution is 7.99. The van der Waals surface area contributed by atoms with Crippen LogP contribution in [0.1, 0.15) is 65.7 Å². The minimum Gasteiger partial charge on any atom is -0.494 e. The highest BCUT2D eigenvalue weighted by atomic mass is 32.2. The Labute approximate surface area is 147 Å². The molecule has 23 heavy (non-hydrogen) atoms. The number of benzene rings is 1. The molecule has 0 aliphatic rings. The maximum Gasteiger partial charge on any atom is 0.119 e. The summed E-state index contributed by atoms with van der Waals surface area (Å²) in [5.41, 5.74) is 0. The average molecular weight is 338 g/mol. The van der Waals surface area contributed by atoms with Gasteiger partial charge in [0.15, 0.2) is 0 Å². The van der Waals surface area contributed by atoms with Crippen molar-refractivity contribution in [2.75, 3.05) is 19.7 Å². The molecule has 1 N–H and O–H groups in total. The van der Waals surface area contributed by atoms with Crippen LogP contribution in [0.15, 0.2) is 29.2 Å². The predicted molar refractivity (Wildman–Crippen MR) is 104 cm³/mol. The van der Waals surface area contributed by atoms with E-state index in [0.29, 0.717) is 5.25 Å². The summed E-state index contributed by atoms with van der Waals surface area (Å²) in [4.78, 5) is 1.31. The largest absolute Gasteiger partial charge is 0.494 e. The van der Waals surface area contributed by atoms with Gasteiger partial charge < -0.3 is 10.1 Å². The molecule has 1 aromatic rings. The number of rotatable bonds is 14. The molecule has 0 radical (unpaired) electrons. The zero-order chi connectivity index (χ0) is 16.8. The summed E-state index contributed by atoms with van der Waals surface area (Å²) < 4.78 is 5.79. The molecule has 0 bridgehead atoms. The normalized spacial score (nSPS) is 11.1. The number of unbranched alkanes of at least 4 members (excludes halogenated alkanes) is 5.